The van der Waals surface area contributed by atoms with Gasteiger partial charge in [0.25, 0.3) is 11.8 Å². The predicted molar refractivity (Wildman–Crippen MR) is 194 cm³/mol. The number of hydrogen-bond acceptors (Lipinski definition) is 12. The molecule has 3 unspecified atom stereocenters. The lowest BCUT2D eigenvalue weighted by molar-refractivity contribution is -0.103. The van der Waals surface area contributed by atoms with Gasteiger partial charge < -0.3 is 39.0 Å². The molecule has 2 aromatic carbocycles. The zero-order chi connectivity index (χ0) is 39.6. The Morgan fingerprint density at radius 3 is 1.31 bits per heavy atom. The quantitative estimate of drug-likeness (QED) is 0.244. The standard InChI is InChI=1S/C38H46N4O12/c1-19-11-25-33(45)41(35(47)51-37(3,4)5)23-15-29(27(49-9)13-21(23)31(43)39(25)17-19)53-54-30-16-24-22(14-28(30)50-10)32(44)40-18-20(2)12-26(40)34(46)42(24)36(48)52-38(6,7)8/h13-16,25-26,33-34,45-46H,1-2,11-12,17-18H2,3-10H3/t25-,26?,33?,34?/m0/s1. The van der Waals surface area contributed by atoms with E-state index in [4.69, 9.17) is 28.7 Å². The van der Waals surface area contributed by atoms with Gasteiger partial charge in [0.2, 0.25) is 11.5 Å². The summed E-state index contributed by atoms with van der Waals surface area (Å²) in [6.45, 7) is 18.4. The first-order chi connectivity index (χ1) is 25.2. The van der Waals surface area contributed by atoms with E-state index in [-0.39, 0.29) is 71.4 Å². The summed E-state index contributed by atoms with van der Waals surface area (Å²) in [6, 6.07) is 3.71. The molecular formula is C38H46N4O12. The number of benzene rings is 2. The maximum absolute atomic E-state index is 13.9. The molecule has 4 heterocycles. The summed E-state index contributed by atoms with van der Waals surface area (Å²) in [4.78, 5) is 71.8. The Balaban J connectivity index is 1.43. The zero-order valence-corrected chi connectivity index (χ0v) is 31.6. The SMILES string of the molecule is C=C1CC2C(O)N(C(=O)OC(C)(C)C)c3cc(OOc4cc5c(cc4OC)C(=O)N4CC(=C)C[C@H]4C(O)N5C(=O)OC(C)(C)C)c(OC)cc3C(=O)N2C1. The largest absolute Gasteiger partial charge is 0.493 e. The Bertz CT molecular complexity index is 1790. The van der Waals surface area contributed by atoms with Gasteiger partial charge in [0.1, 0.15) is 11.2 Å². The summed E-state index contributed by atoms with van der Waals surface area (Å²) >= 11 is 0. The summed E-state index contributed by atoms with van der Waals surface area (Å²) in [6.07, 6.45) is -4.36. The molecule has 290 valence electrons. The first-order valence-corrected chi connectivity index (χ1v) is 17.4. The monoisotopic (exact) mass is 750 g/mol. The summed E-state index contributed by atoms with van der Waals surface area (Å²) in [7, 11) is 2.68. The van der Waals surface area contributed by atoms with Crippen molar-refractivity contribution in [1.82, 2.24) is 9.80 Å². The van der Waals surface area contributed by atoms with Crippen molar-refractivity contribution < 1.29 is 58.1 Å². The average molecular weight is 751 g/mol. The lowest BCUT2D eigenvalue weighted by atomic mass is 10.1. The van der Waals surface area contributed by atoms with E-state index in [0.717, 1.165) is 9.80 Å². The third kappa shape index (κ3) is 6.98. The molecule has 4 aliphatic heterocycles. The van der Waals surface area contributed by atoms with Crippen LogP contribution in [0, 0.1) is 0 Å². The molecule has 4 atom stereocenters. The Kier molecular flexibility index (Phi) is 9.73. The molecule has 16 nitrogen and oxygen atoms in total. The second-order valence-corrected chi connectivity index (χ2v) is 15.6. The van der Waals surface area contributed by atoms with Gasteiger partial charge in [-0.25, -0.2) is 19.4 Å². The molecule has 0 aliphatic carbocycles. The molecule has 0 radical (unpaired) electrons. The van der Waals surface area contributed by atoms with Crippen molar-refractivity contribution in [2.75, 3.05) is 37.1 Å². The maximum Gasteiger partial charge on any atom is 0.417 e. The van der Waals surface area contributed by atoms with Gasteiger partial charge >= 0.3 is 12.2 Å². The number of aliphatic hydroxyl groups excluding tert-OH is 2. The molecule has 2 aromatic rings. The minimum Gasteiger partial charge on any atom is -0.493 e. The first kappa shape index (κ1) is 38.3. The molecule has 54 heavy (non-hydrogen) atoms. The Hall–Kier alpha value is -5.48. The van der Waals surface area contributed by atoms with Gasteiger partial charge in [0, 0.05) is 25.2 Å². The van der Waals surface area contributed by atoms with E-state index < -0.39 is 59.7 Å². The number of amides is 4. The van der Waals surface area contributed by atoms with Crippen LogP contribution in [0.4, 0.5) is 21.0 Å². The lowest BCUT2D eigenvalue weighted by Crippen LogP contribution is -2.51. The van der Waals surface area contributed by atoms with Crippen LogP contribution in [-0.2, 0) is 9.47 Å². The normalized spacial score (nSPS) is 22.5. The van der Waals surface area contributed by atoms with E-state index >= 15 is 0 Å². The highest BCUT2D eigenvalue weighted by Crippen LogP contribution is 2.45. The smallest absolute Gasteiger partial charge is 0.417 e. The average Bonchev–Trinajstić information content (AvgIpc) is 3.63. The minimum absolute atomic E-state index is 0.0210. The number of nitrogens with zero attached hydrogens (tertiary/aromatic N) is 4. The second kappa shape index (κ2) is 13.7. The molecule has 4 amide bonds. The Labute approximate surface area is 312 Å². The predicted octanol–water partition coefficient (Wildman–Crippen LogP) is 4.77. The molecule has 0 bridgehead atoms. The summed E-state index contributed by atoms with van der Waals surface area (Å²) in [5.74, 6) is -1.18. The maximum atomic E-state index is 13.9. The number of fused-ring (bicyclic) bond motifs is 4. The highest BCUT2D eigenvalue weighted by molar-refractivity contribution is 6.07. The van der Waals surface area contributed by atoms with Crippen molar-refractivity contribution in [3.05, 3.63) is 59.7 Å². The Morgan fingerprint density at radius 1 is 0.648 bits per heavy atom. The highest BCUT2D eigenvalue weighted by atomic mass is 17.2. The van der Waals surface area contributed by atoms with Crippen LogP contribution < -0.4 is 29.0 Å². The number of carbonyl (C=O) groups excluding carboxylic acids is 4. The summed E-state index contributed by atoms with van der Waals surface area (Å²) in [5, 5.41) is 23.3. The molecule has 4 aliphatic rings. The van der Waals surface area contributed by atoms with E-state index in [9.17, 15) is 29.4 Å². The molecule has 2 fully saturated rings. The molecule has 0 aromatic heterocycles. The van der Waals surface area contributed by atoms with Crippen molar-refractivity contribution >= 4 is 35.4 Å². The molecule has 0 spiro atoms. The number of carbonyl (C=O) groups is 4. The van der Waals surface area contributed by atoms with Gasteiger partial charge in [0.15, 0.2) is 24.0 Å². The highest BCUT2D eigenvalue weighted by Gasteiger charge is 2.48. The van der Waals surface area contributed by atoms with E-state index in [1.54, 1.807) is 41.5 Å². The van der Waals surface area contributed by atoms with E-state index in [2.05, 4.69) is 13.2 Å². The van der Waals surface area contributed by atoms with E-state index in [0.29, 0.717) is 11.1 Å². The fraction of sp³-hybridized carbons (Fsp3) is 0.474. The van der Waals surface area contributed by atoms with Crippen molar-refractivity contribution in [2.45, 2.75) is 90.1 Å². The number of methoxy groups -OCH3 is 2. The molecular weight excluding hydrogens is 704 g/mol. The third-order valence-electron chi connectivity index (χ3n) is 9.27. The minimum atomic E-state index is -1.52. The lowest BCUT2D eigenvalue weighted by Gasteiger charge is -2.33. The number of aliphatic hydroxyl groups is 2. The number of hydrogen-bond donors (Lipinski definition) is 2. The molecule has 2 saturated heterocycles. The van der Waals surface area contributed by atoms with Gasteiger partial charge in [0.05, 0.1) is 48.8 Å². The van der Waals surface area contributed by atoms with E-state index in [1.807, 2.05) is 0 Å². The third-order valence-corrected chi connectivity index (χ3v) is 9.27. The van der Waals surface area contributed by atoms with Crippen LogP contribution in [0.25, 0.3) is 0 Å². The van der Waals surface area contributed by atoms with Gasteiger partial charge in [-0.1, -0.05) is 24.3 Å². The fourth-order valence-corrected chi connectivity index (χ4v) is 6.99. The van der Waals surface area contributed by atoms with Crippen LogP contribution in [0.15, 0.2) is 48.6 Å². The van der Waals surface area contributed by atoms with Gasteiger partial charge in [-0.3, -0.25) is 19.4 Å². The number of ether oxygens (including phenoxy) is 4. The fourth-order valence-electron chi connectivity index (χ4n) is 6.99. The summed E-state index contributed by atoms with van der Waals surface area (Å²) in [5.41, 5.74) is -0.520. The van der Waals surface area contributed by atoms with Crippen LogP contribution in [-0.4, -0.2) is 107 Å². The number of rotatable bonds is 5. The molecule has 0 saturated carbocycles. The van der Waals surface area contributed by atoms with Gasteiger partial charge in [-0.15, -0.1) is 0 Å². The zero-order valence-electron chi connectivity index (χ0n) is 31.6. The van der Waals surface area contributed by atoms with Gasteiger partial charge in [-0.2, -0.15) is 0 Å². The summed E-state index contributed by atoms with van der Waals surface area (Å²) < 4.78 is 22.5. The first-order valence-electron chi connectivity index (χ1n) is 17.4. The van der Waals surface area contributed by atoms with Crippen molar-refractivity contribution in [3.63, 3.8) is 0 Å². The Morgan fingerprint density at radius 2 is 1.00 bits per heavy atom. The second-order valence-electron chi connectivity index (χ2n) is 15.6. The van der Waals surface area contributed by atoms with Crippen LogP contribution in [0.1, 0.15) is 75.1 Å². The molecule has 16 heteroatoms. The van der Waals surface area contributed by atoms with Crippen molar-refractivity contribution in [2.24, 2.45) is 0 Å². The van der Waals surface area contributed by atoms with Crippen molar-refractivity contribution in [1.29, 1.82) is 0 Å². The van der Waals surface area contributed by atoms with Crippen LogP contribution >= 0.6 is 0 Å². The molecule has 6 rings (SSSR count). The van der Waals surface area contributed by atoms with Crippen LogP contribution in [0.5, 0.6) is 23.0 Å². The molecule has 2 N–H and O–H groups in total. The van der Waals surface area contributed by atoms with Crippen molar-refractivity contribution in [3.8, 4) is 23.0 Å². The van der Waals surface area contributed by atoms with E-state index in [1.165, 1.54) is 48.3 Å². The number of anilines is 2. The topological polar surface area (TPSA) is 177 Å². The van der Waals surface area contributed by atoms with Gasteiger partial charge in [-0.05, 0) is 66.5 Å². The van der Waals surface area contributed by atoms with Crippen LogP contribution in [0.2, 0.25) is 0 Å². The van der Waals surface area contributed by atoms with Crippen LogP contribution in [0.3, 0.4) is 0 Å².